The summed E-state index contributed by atoms with van der Waals surface area (Å²) >= 11 is 5.59. The molecule has 160 valence electrons. The minimum Gasteiger partial charge on any atom is -0.481 e. The summed E-state index contributed by atoms with van der Waals surface area (Å²) in [5.74, 6) is -3.64. The van der Waals surface area contributed by atoms with Crippen LogP contribution in [0.4, 0.5) is 17.6 Å². The Labute approximate surface area is 172 Å². The molecule has 0 bridgehead atoms. The molecule has 2 amide bonds. The lowest BCUT2D eigenvalue weighted by Gasteiger charge is -2.18. The van der Waals surface area contributed by atoms with Gasteiger partial charge in [0.05, 0.1) is 29.6 Å². The van der Waals surface area contributed by atoms with Crippen molar-refractivity contribution in [1.82, 2.24) is 10.6 Å². The summed E-state index contributed by atoms with van der Waals surface area (Å²) in [5, 5.41) is 13.4. The second kappa shape index (κ2) is 9.57. The number of nitrogens with one attached hydrogen (secondary N) is 2. The summed E-state index contributed by atoms with van der Waals surface area (Å²) in [6.45, 7) is -0.577. The van der Waals surface area contributed by atoms with E-state index in [9.17, 15) is 31.9 Å². The second-order valence-corrected chi connectivity index (χ2v) is 6.56. The molecule has 0 spiro atoms. The number of hydrogen-bond acceptors (Lipinski definition) is 3. The van der Waals surface area contributed by atoms with Crippen LogP contribution in [0.3, 0.4) is 0 Å². The zero-order chi connectivity index (χ0) is 22.5. The number of aliphatic carboxylic acids is 1. The lowest BCUT2D eigenvalue weighted by atomic mass is 10.0. The van der Waals surface area contributed by atoms with Crippen LogP contribution in [0, 0.1) is 5.82 Å². The first-order valence-electron chi connectivity index (χ1n) is 8.39. The monoisotopic (exact) mass is 446 g/mol. The van der Waals surface area contributed by atoms with E-state index in [2.05, 4.69) is 10.6 Å². The molecule has 0 aliphatic rings. The summed E-state index contributed by atoms with van der Waals surface area (Å²) in [5.41, 5.74) is -0.872. The van der Waals surface area contributed by atoms with Gasteiger partial charge in [-0.05, 0) is 42.0 Å². The zero-order valence-corrected chi connectivity index (χ0v) is 15.9. The van der Waals surface area contributed by atoms with Crippen LogP contribution in [0.1, 0.15) is 33.9 Å². The fraction of sp³-hybridized carbons (Fsp3) is 0.211. The highest BCUT2D eigenvalue weighted by Gasteiger charge is 2.30. The minimum atomic E-state index is -4.55. The Bertz CT molecular complexity index is 949. The average Bonchev–Trinajstić information content (AvgIpc) is 2.67. The molecule has 0 saturated heterocycles. The molecule has 3 N–H and O–H groups in total. The molecule has 0 fully saturated rings. The van der Waals surface area contributed by atoms with Crippen LogP contribution in [-0.2, 0) is 15.8 Å². The quantitative estimate of drug-likeness (QED) is 0.567. The molecule has 2 rings (SSSR count). The zero-order valence-electron chi connectivity index (χ0n) is 15.1. The molecule has 1 unspecified atom stereocenters. The maximum atomic E-state index is 13.6. The van der Waals surface area contributed by atoms with Crippen molar-refractivity contribution in [3.63, 3.8) is 0 Å². The standard InChI is InChI=1S/C19H15ClF4N2O4/c20-13-6-3-11(7-14(13)21)15(8-17(28)29)26-16(27)9-25-18(30)10-1-4-12(5-2-10)19(22,23)24/h1-7,15H,8-9H2,(H,25,30)(H,26,27)(H,28,29). The first-order valence-corrected chi connectivity index (χ1v) is 8.76. The third-order valence-corrected chi connectivity index (χ3v) is 4.25. The number of alkyl halides is 3. The van der Waals surface area contributed by atoms with Gasteiger partial charge in [0.25, 0.3) is 5.91 Å². The number of benzene rings is 2. The van der Waals surface area contributed by atoms with Crippen molar-refractivity contribution in [3.05, 3.63) is 70.0 Å². The lowest BCUT2D eigenvalue weighted by molar-refractivity contribution is -0.138. The number of carboxylic acids is 1. The Morgan fingerprint density at radius 2 is 1.70 bits per heavy atom. The van der Waals surface area contributed by atoms with Gasteiger partial charge in [-0.3, -0.25) is 14.4 Å². The lowest BCUT2D eigenvalue weighted by Crippen LogP contribution is -2.39. The molecule has 0 radical (unpaired) electrons. The molecular formula is C19H15ClF4N2O4. The fourth-order valence-electron chi connectivity index (χ4n) is 2.47. The van der Waals surface area contributed by atoms with Crippen LogP contribution in [0.25, 0.3) is 0 Å². The predicted molar refractivity (Wildman–Crippen MR) is 98.3 cm³/mol. The van der Waals surface area contributed by atoms with E-state index >= 15 is 0 Å². The van der Waals surface area contributed by atoms with Crippen molar-refractivity contribution in [3.8, 4) is 0 Å². The number of rotatable bonds is 7. The third-order valence-electron chi connectivity index (χ3n) is 3.94. The number of carbonyl (C=O) groups excluding carboxylic acids is 2. The van der Waals surface area contributed by atoms with E-state index in [1.807, 2.05) is 0 Å². The van der Waals surface area contributed by atoms with Crippen LogP contribution < -0.4 is 10.6 Å². The SMILES string of the molecule is O=C(O)CC(NC(=O)CNC(=O)c1ccc(C(F)(F)F)cc1)c1ccc(Cl)c(F)c1. The number of halogens is 5. The topological polar surface area (TPSA) is 95.5 Å². The molecule has 6 nitrogen and oxygen atoms in total. The smallest absolute Gasteiger partial charge is 0.416 e. The second-order valence-electron chi connectivity index (χ2n) is 6.15. The Kier molecular flexibility index (Phi) is 7.38. The molecule has 1 atom stereocenters. The molecule has 30 heavy (non-hydrogen) atoms. The molecular weight excluding hydrogens is 432 g/mol. The normalized spacial score (nSPS) is 12.2. The summed E-state index contributed by atoms with van der Waals surface area (Å²) in [6, 6.07) is 5.82. The van der Waals surface area contributed by atoms with Crippen molar-refractivity contribution in [1.29, 1.82) is 0 Å². The van der Waals surface area contributed by atoms with Crippen molar-refractivity contribution in [2.24, 2.45) is 0 Å². The number of carboxylic acid groups (broad SMARTS) is 1. The van der Waals surface area contributed by atoms with Crippen LogP contribution in [0.5, 0.6) is 0 Å². The minimum absolute atomic E-state index is 0.0994. The number of carbonyl (C=O) groups is 3. The van der Waals surface area contributed by atoms with Gasteiger partial charge < -0.3 is 15.7 Å². The molecule has 0 saturated carbocycles. The van der Waals surface area contributed by atoms with Gasteiger partial charge in [0.1, 0.15) is 5.82 Å². The molecule has 0 aliphatic heterocycles. The summed E-state index contributed by atoms with van der Waals surface area (Å²) < 4.78 is 51.3. The molecule has 2 aromatic rings. The molecule has 0 aliphatic carbocycles. The highest BCUT2D eigenvalue weighted by atomic mass is 35.5. The van der Waals surface area contributed by atoms with E-state index in [0.29, 0.717) is 0 Å². The van der Waals surface area contributed by atoms with E-state index in [0.717, 1.165) is 30.3 Å². The van der Waals surface area contributed by atoms with Crippen molar-refractivity contribution in [2.75, 3.05) is 6.54 Å². The highest BCUT2D eigenvalue weighted by molar-refractivity contribution is 6.30. The largest absolute Gasteiger partial charge is 0.481 e. The van der Waals surface area contributed by atoms with Gasteiger partial charge in [0.2, 0.25) is 5.91 Å². The van der Waals surface area contributed by atoms with Gasteiger partial charge >= 0.3 is 12.1 Å². The molecule has 11 heteroatoms. The number of hydrogen-bond donors (Lipinski definition) is 3. The van der Waals surface area contributed by atoms with E-state index < -0.39 is 54.3 Å². The Balaban J connectivity index is 2.00. The van der Waals surface area contributed by atoms with Gasteiger partial charge in [-0.25, -0.2) is 4.39 Å². The van der Waals surface area contributed by atoms with Crippen LogP contribution in [0.2, 0.25) is 5.02 Å². The van der Waals surface area contributed by atoms with Gasteiger partial charge in [-0.1, -0.05) is 17.7 Å². The molecule has 0 heterocycles. The first-order chi connectivity index (χ1) is 14.0. The van der Waals surface area contributed by atoms with Crippen LogP contribution in [0.15, 0.2) is 42.5 Å². The predicted octanol–water partition coefficient (Wildman–Crippen LogP) is 3.56. The number of amides is 2. The summed E-state index contributed by atoms with van der Waals surface area (Å²) in [4.78, 5) is 35.1. The maximum Gasteiger partial charge on any atom is 0.416 e. The summed E-state index contributed by atoms with van der Waals surface area (Å²) in [6.07, 6.45) is -5.10. The molecule has 2 aromatic carbocycles. The van der Waals surface area contributed by atoms with Gasteiger partial charge in [-0.2, -0.15) is 13.2 Å². The summed E-state index contributed by atoms with van der Waals surface area (Å²) in [7, 11) is 0. The van der Waals surface area contributed by atoms with E-state index in [4.69, 9.17) is 16.7 Å². The van der Waals surface area contributed by atoms with Crippen molar-refractivity contribution < 1.29 is 37.1 Å². The Morgan fingerprint density at radius 1 is 1.07 bits per heavy atom. The van der Waals surface area contributed by atoms with E-state index in [1.54, 1.807) is 0 Å². The Morgan fingerprint density at radius 3 is 2.23 bits per heavy atom. The van der Waals surface area contributed by atoms with Gasteiger partial charge in [0, 0.05) is 5.56 Å². The third kappa shape index (κ3) is 6.45. The van der Waals surface area contributed by atoms with E-state index in [1.165, 1.54) is 12.1 Å². The highest BCUT2D eigenvalue weighted by Crippen LogP contribution is 2.29. The van der Waals surface area contributed by atoms with Gasteiger partial charge in [-0.15, -0.1) is 0 Å². The van der Waals surface area contributed by atoms with E-state index in [-0.39, 0.29) is 16.1 Å². The molecule has 0 aromatic heterocycles. The Hall–Kier alpha value is -3.14. The first kappa shape index (κ1) is 23.1. The van der Waals surface area contributed by atoms with Crippen molar-refractivity contribution >= 4 is 29.4 Å². The van der Waals surface area contributed by atoms with Gasteiger partial charge in [0.15, 0.2) is 0 Å². The maximum absolute atomic E-state index is 13.6. The average molecular weight is 447 g/mol. The van der Waals surface area contributed by atoms with Crippen molar-refractivity contribution in [2.45, 2.75) is 18.6 Å². The fourth-order valence-corrected chi connectivity index (χ4v) is 2.59. The van der Waals surface area contributed by atoms with Crippen LogP contribution in [-0.4, -0.2) is 29.4 Å². The van der Waals surface area contributed by atoms with Crippen LogP contribution >= 0.6 is 11.6 Å².